The van der Waals surface area contributed by atoms with E-state index in [-0.39, 0.29) is 0 Å². The van der Waals surface area contributed by atoms with Crippen LogP contribution in [0.15, 0.2) is 6.07 Å². The molecule has 0 amide bonds. The fourth-order valence-corrected chi connectivity index (χ4v) is 2.03. The molecule has 1 fully saturated rings. The molecule has 5 nitrogen and oxygen atoms in total. The third kappa shape index (κ3) is 3.91. The number of hydrogen-bond donors (Lipinski definition) is 2. The first kappa shape index (κ1) is 13.8. The summed E-state index contributed by atoms with van der Waals surface area (Å²) in [6.07, 6.45) is 4.78. The van der Waals surface area contributed by atoms with Crippen LogP contribution in [0, 0.1) is 6.92 Å². The Morgan fingerprint density at radius 1 is 1.53 bits per heavy atom. The summed E-state index contributed by atoms with van der Waals surface area (Å²) >= 11 is 0. The molecule has 0 saturated heterocycles. The van der Waals surface area contributed by atoms with Crippen LogP contribution in [0.5, 0.6) is 0 Å². The maximum Gasteiger partial charge on any atom is 0.326 e. The Kier molecular flexibility index (Phi) is 4.35. The largest absolute Gasteiger partial charge is 0.480 e. The van der Waals surface area contributed by atoms with Gasteiger partial charge in [-0.05, 0) is 26.2 Å². The van der Waals surface area contributed by atoms with Crippen LogP contribution < -0.4 is 5.32 Å². The molecule has 0 spiro atoms. The zero-order valence-corrected chi connectivity index (χ0v) is 11.5. The first-order valence-corrected chi connectivity index (χ1v) is 6.95. The number of nitrogens with zero attached hydrogens (tertiary/aromatic N) is 2. The molecule has 1 heterocycles. The summed E-state index contributed by atoms with van der Waals surface area (Å²) in [5, 5.41) is 12.2. The number of aliphatic carboxylic acids is 1. The quantitative estimate of drug-likeness (QED) is 0.791. The molecule has 1 atom stereocenters. The van der Waals surface area contributed by atoms with Gasteiger partial charge < -0.3 is 10.4 Å². The summed E-state index contributed by atoms with van der Waals surface area (Å²) in [7, 11) is 0. The van der Waals surface area contributed by atoms with Gasteiger partial charge in [0.2, 0.25) is 0 Å². The normalized spacial score (nSPS) is 16.1. The standard InChI is InChI=1S/C14H21N3O2/c1-3-4-5-11(14(18)19)16-12-8-9(2)15-13(17-12)10-6-7-10/h8,10-11H,3-7H2,1-2H3,(H,18,19)(H,15,16,17)/t11-/m0/s1. The molecule has 2 N–H and O–H groups in total. The van der Waals surface area contributed by atoms with Crippen molar-refractivity contribution >= 4 is 11.8 Å². The molecule has 1 aromatic rings. The Hall–Kier alpha value is -1.65. The first-order valence-electron chi connectivity index (χ1n) is 6.95. The van der Waals surface area contributed by atoms with Gasteiger partial charge in [-0.3, -0.25) is 0 Å². The molecule has 19 heavy (non-hydrogen) atoms. The number of rotatable bonds is 7. The lowest BCUT2D eigenvalue weighted by atomic mass is 10.1. The highest BCUT2D eigenvalue weighted by Crippen LogP contribution is 2.38. The van der Waals surface area contributed by atoms with E-state index in [0.717, 1.165) is 37.2 Å². The van der Waals surface area contributed by atoms with E-state index in [1.165, 1.54) is 0 Å². The van der Waals surface area contributed by atoms with Crippen molar-refractivity contribution in [3.63, 3.8) is 0 Å². The van der Waals surface area contributed by atoms with Crippen LogP contribution >= 0.6 is 0 Å². The van der Waals surface area contributed by atoms with Gasteiger partial charge in [0.15, 0.2) is 0 Å². The summed E-state index contributed by atoms with van der Waals surface area (Å²) < 4.78 is 0. The number of carbonyl (C=O) groups is 1. The summed E-state index contributed by atoms with van der Waals surface area (Å²) in [6, 6.07) is 1.25. The highest BCUT2D eigenvalue weighted by Gasteiger charge is 2.27. The third-order valence-electron chi connectivity index (χ3n) is 3.28. The molecule has 0 aromatic carbocycles. The van der Waals surface area contributed by atoms with Crippen LogP contribution in [-0.2, 0) is 4.79 Å². The zero-order valence-electron chi connectivity index (χ0n) is 11.5. The molecule has 1 saturated carbocycles. The molecule has 0 aliphatic heterocycles. The van der Waals surface area contributed by atoms with Gasteiger partial charge in [0, 0.05) is 17.7 Å². The Balaban J connectivity index is 2.09. The summed E-state index contributed by atoms with van der Waals surface area (Å²) in [5.41, 5.74) is 0.888. The second-order valence-electron chi connectivity index (χ2n) is 5.20. The predicted octanol–water partition coefficient (Wildman–Crippen LogP) is 2.72. The lowest BCUT2D eigenvalue weighted by molar-refractivity contribution is -0.138. The van der Waals surface area contributed by atoms with E-state index in [1.54, 1.807) is 0 Å². The number of nitrogens with one attached hydrogen (secondary N) is 1. The maximum absolute atomic E-state index is 11.2. The van der Waals surface area contributed by atoms with Crippen molar-refractivity contribution in [2.45, 2.75) is 57.9 Å². The molecule has 2 rings (SSSR count). The van der Waals surface area contributed by atoms with Gasteiger partial charge in [0.1, 0.15) is 17.7 Å². The number of carboxylic acids is 1. The van der Waals surface area contributed by atoms with Gasteiger partial charge in [-0.25, -0.2) is 14.8 Å². The predicted molar refractivity (Wildman–Crippen MR) is 73.3 cm³/mol. The van der Waals surface area contributed by atoms with Crippen LogP contribution in [0.3, 0.4) is 0 Å². The molecule has 0 unspecified atom stereocenters. The van der Waals surface area contributed by atoms with Crippen LogP contribution in [0.2, 0.25) is 0 Å². The van der Waals surface area contributed by atoms with E-state index in [2.05, 4.69) is 22.2 Å². The highest BCUT2D eigenvalue weighted by atomic mass is 16.4. The molecule has 1 aliphatic rings. The topological polar surface area (TPSA) is 75.1 Å². The second-order valence-corrected chi connectivity index (χ2v) is 5.20. The van der Waals surface area contributed by atoms with Gasteiger partial charge in [0.25, 0.3) is 0 Å². The average molecular weight is 263 g/mol. The molecule has 0 bridgehead atoms. The molecule has 0 radical (unpaired) electrons. The lowest BCUT2D eigenvalue weighted by Gasteiger charge is -2.15. The van der Waals surface area contributed by atoms with Crippen molar-refractivity contribution in [2.75, 3.05) is 5.32 Å². The van der Waals surface area contributed by atoms with E-state index < -0.39 is 12.0 Å². The van der Waals surface area contributed by atoms with E-state index in [4.69, 9.17) is 0 Å². The minimum atomic E-state index is -0.822. The smallest absolute Gasteiger partial charge is 0.326 e. The molecular weight excluding hydrogens is 242 g/mol. The maximum atomic E-state index is 11.2. The number of anilines is 1. The van der Waals surface area contributed by atoms with E-state index >= 15 is 0 Å². The Morgan fingerprint density at radius 3 is 2.84 bits per heavy atom. The van der Waals surface area contributed by atoms with Crippen molar-refractivity contribution in [3.05, 3.63) is 17.6 Å². The SMILES string of the molecule is CCCC[C@H](Nc1cc(C)nc(C2CC2)n1)C(=O)O. The Labute approximate surface area is 113 Å². The lowest BCUT2D eigenvalue weighted by Crippen LogP contribution is -2.29. The minimum absolute atomic E-state index is 0.472. The summed E-state index contributed by atoms with van der Waals surface area (Å²) in [5.74, 6) is 1.14. The Bertz CT molecular complexity index is 458. The average Bonchev–Trinajstić information content (AvgIpc) is 3.17. The van der Waals surface area contributed by atoms with E-state index in [9.17, 15) is 9.90 Å². The molecule has 1 aromatic heterocycles. The second kappa shape index (κ2) is 5.99. The number of carboxylic acid groups (broad SMARTS) is 1. The summed E-state index contributed by atoms with van der Waals surface area (Å²) in [4.78, 5) is 20.1. The Morgan fingerprint density at radius 2 is 2.26 bits per heavy atom. The van der Waals surface area contributed by atoms with Gasteiger partial charge in [-0.15, -0.1) is 0 Å². The molecule has 104 valence electrons. The van der Waals surface area contributed by atoms with Crippen molar-refractivity contribution in [3.8, 4) is 0 Å². The highest BCUT2D eigenvalue weighted by molar-refractivity contribution is 5.76. The van der Waals surface area contributed by atoms with Crippen molar-refractivity contribution in [2.24, 2.45) is 0 Å². The van der Waals surface area contributed by atoms with E-state index in [1.807, 2.05) is 13.0 Å². The molecule has 5 heteroatoms. The van der Waals surface area contributed by atoms with Crippen molar-refractivity contribution < 1.29 is 9.90 Å². The summed E-state index contributed by atoms with van der Waals surface area (Å²) in [6.45, 7) is 3.97. The van der Waals surface area contributed by atoms with Gasteiger partial charge in [-0.2, -0.15) is 0 Å². The number of unbranched alkanes of at least 4 members (excludes halogenated alkanes) is 1. The monoisotopic (exact) mass is 263 g/mol. The van der Waals surface area contributed by atoms with Crippen LogP contribution in [0.4, 0.5) is 5.82 Å². The fraction of sp³-hybridized carbons (Fsp3) is 0.643. The van der Waals surface area contributed by atoms with Gasteiger partial charge >= 0.3 is 5.97 Å². The fourth-order valence-electron chi connectivity index (χ4n) is 2.03. The van der Waals surface area contributed by atoms with Gasteiger partial charge in [0.05, 0.1) is 0 Å². The van der Waals surface area contributed by atoms with Crippen LogP contribution in [0.25, 0.3) is 0 Å². The number of aromatic nitrogens is 2. The first-order chi connectivity index (χ1) is 9.10. The van der Waals surface area contributed by atoms with Gasteiger partial charge in [-0.1, -0.05) is 19.8 Å². The third-order valence-corrected chi connectivity index (χ3v) is 3.28. The number of hydrogen-bond acceptors (Lipinski definition) is 4. The molecular formula is C14H21N3O2. The van der Waals surface area contributed by atoms with E-state index in [0.29, 0.717) is 18.2 Å². The zero-order chi connectivity index (χ0) is 13.8. The molecule has 1 aliphatic carbocycles. The van der Waals surface area contributed by atoms with Crippen molar-refractivity contribution in [1.82, 2.24) is 9.97 Å². The number of aryl methyl sites for hydroxylation is 1. The minimum Gasteiger partial charge on any atom is -0.480 e. The van der Waals surface area contributed by atoms with Crippen molar-refractivity contribution in [1.29, 1.82) is 0 Å². The van der Waals surface area contributed by atoms with Crippen LogP contribution in [-0.4, -0.2) is 27.1 Å². The van der Waals surface area contributed by atoms with Crippen LogP contribution in [0.1, 0.15) is 56.5 Å².